The molecule has 2 aromatic heterocycles. The normalized spacial score (nSPS) is 29.7. The van der Waals surface area contributed by atoms with Gasteiger partial charge in [0.2, 0.25) is 11.7 Å². The predicted molar refractivity (Wildman–Crippen MR) is 76.8 cm³/mol. The molecule has 112 valence electrons. The Balaban J connectivity index is 1.40. The third kappa shape index (κ3) is 2.73. The molecule has 0 aromatic carbocycles. The van der Waals surface area contributed by atoms with E-state index in [0.717, 1.165) is 26.1 Å². The van der Waals surface area contributed by atoms with Crippen molar-refractivity contribution in [1.82, 2.24) is 20.0 Å². The van der Waals surface area contributed by atoms with E-state index >= 15 is 0 Å². The quantitative estimate of drug-likeness (QED) is 0.866. The Bertz CT molecular complexity index is 600. The van der Waals surface area contributed by atoms with Crippen molar-refractivity contribution in [2.24, 2.45) is 5.92 Å². The van der Waals surface area contributed by atoms with Crippen molar-refractivity contribution >= 4 is 11.3 Å². The number of hydrogen-bond acceptors (Lipinski definition) is 7. The molecule has 2 aromatic rings. The van der Waals surface area contributed by atoms with Gasteiger partial charge in [-0.1, -0.05) is 5.16 Å². The minimum atomic E-state index is -0.00253. The van der Waals surface area contributed by atoms with Crippen LogP contribution in [0.5, 0.6) is 0 Å². The van der Waals surface area contributed by atoms with Crippen LogP contribution in [0.4, 0.5) is 0 Å². The van der Waals surface area contributed by atoms with E-state index in [-0.39, 0.29) is 12.2 Å². The van der Waals surface area contributed by atoms with Crippen LogP contribution < -0.4 is 0 Å². The predicted octanol–water partition coefficient (Wildman–Crippen LogP) is 2.19. The summed E-state index contributed by atoms with van der Waals surface area (Å²) in [6.45, 7) is 4.82. The maximum Gasteiger partial charge on any atom is 0.223 e. The molecular formula is C14H18N4O2S. The van der Waals surface area contributed by atoms with E-state index in [2.05, 4.69) is 20.0 Å². The summed E-state index contributed by atoms with van der Waals surface area (Å²) in [4.78, 5) is 11.1. The van der Waals surface area contributed by atoms with E-state index < -0.39 is 0 Å². The molecule has 0 bridgehead atoms. The fourth-order valence-corrected chi connectivity index (χ4v) is 3.93. The highest BCUT2D eigenvalue weighted by molar-refractivity contribution is 7.09. The van der Waals surface area contributed by atoms with Crippen molar-refractivity contribution in [1.29, 1.82) is 0 Å². The molecule has 0 saturated carbocycles. The SMILES string of the molecule is Cc1nc([C@@H]2C[C@H]3CCN(Cc4nccs4)C[C@@H]3O2)no1. The Hall–Kier alpha value is -1.31. The van der Waals surface area contributed by atoms with Crippen LogP contribution in [0, 0.1) is 12.8 Å². The van der Waals surface area contributed by atoms with Gasteiger partial charge in [0.15, 0.2) is 0 Å². The zero-order chi connectivity index (χ0) is 14.2. The van der Waals surface area contributed by atoms with Gasteiger partial charge < -0.3 is 9.26 Å². The highest BCUT2D eigenvalue weighted by Gasteiger charge is 2.41. The number of rotatable bonds is 3. The number of aryl methyl sites for hydroxylation is 1. The van der Waals surface area contributed by atoms with Crippen LogP contribution in [0.3, 0.4) is 0 Å². The molecule has 6 nitrogen and oxygen atoms in total. The molecule has 0 unspecified atom stereocenters. The summed E-state index contributed by atoms with van der Waals surface area (Å²) in [7, 11) is 0. The molecule has 4 heterocycles. The van der Waals surface area contributed by atoms with Gasteiger partial charge in [-0.15, -0.1) is 11.3 Å². The number of hydrogen-bond donors (Lipinski definition) is 0. The van der Waals surface area contributed by atoms with E-state index in [4.69, 9.17) is 9.26 Å². The highest BCUT2D eigenvalue weighted by Crippen LogP contribution is 2.40. The average Bonchev–Trinajstić information content (AvgIpc) is 3.18. The van der Waals surface area contributed by atoms with Crippen LogP contribution >= 0.6 is 11.3 Å². The Morgan fingerprint density at radius 1 is 1.48 bits per heavy atom. The van der Waals surface area contributed by atoms with Gasteiger partial charge in [0.05, 0.1) is 12.6 Å². The molecule has 3 atom stereocenters. The summed E-state index contributed by atoms with van der Waals surface area (Å²) >= 11 is 1.72. The van der Waals surface area contributed by atoms with E-state index in [0.29, 0.717) is 17.6 Å². The molecule has 2 aliphatic heterocycles. The zero-order valence-electron chi connectivity index (χ0n) is 11.9. The maximum atomic E-state index is 6.17. The van der Waals surface area contributed by atoms with Gasteiger partial charge in [0.25, 0.3) is 0 Å². The number of ether oxygens (including phenoxy) is 1. The molecule has 0 radical (unpaired) electrons. The zero-order valence-corrected chi connectivity index (χ0v) is 12.8. The third-order valence-corrected chi connectivity index (χ3v) is 5.07. The monoisotopic (exact) mass is 306 g/mol. The first-order chi connectivity index (χ1) is 10.3. The molecule has 0 amide bonds. The summed E-state index contributed by atoms with van der Waals surface area (Å²) in [5.41, 5.74) is 0. The van der Waals surface area contributed by atoms with Crippen LogP contribution in [0.15, 0.2) is 16.1 Å². The number of fused-ring (bicyclic) bond motifs is 1. The van der Waals surface area contributed by atoms with Crippen LogP contribution in [0.2, 0.25) is 0 Å². The minimum Gasteiger partial charge on any atom is -0.365 e. The molecule has 2 aliphatic rings. The molecule has 0 spiro atoms. The number of thiazole rings is 1. The van der Waals surface area contributed by atoms with Crippen molar-refractivity contribution in [2.75, 3.05) is 13.1 Å². The summed E-state index contributed by atoms with van der Waals surface area (Å²) in [5, 5.41) is 7.21. The van der Waals surface area contributed by atoms with Crippen molar-refractivity contribution in [3.63, 3.8) is 0 Å². The van der Waals surface area contributed by atoms with Gasteiger partial charge in [0.1, 0.15) is 11.1 Å². The van der Waals surface area contributed by atoms with Crippen LogP contribution in [0.1, 0.15) is 35.7 Å². The van der Waals surface area contributed by atoms with Crippen molar-refractivity contribution in [3.05, 3.63) is 28.3 Å². The van der Waals surface area contributed by atoms with Crippen molar-refractivity contribution in [2.45, 2.75) is 38.5 Å². The van der Waals surface area contributed by atoms with E-state index in [1.54, 1.807) is 11.3 Å². The average molecular weight is 306 g/mol. The molecule has 4 rings (SSSR count). The first kappa shape index (κ1) is 13.4. The number of aromatic nitrogens is 3. The highest BCUT2D eigenvalue weighted by atomic mass is 32.1. The lowest BCUT2D eigenvalue weighted by Crippen LogP contribution is -2.41. The van der Waals surface area contributed by atoms with Crippen LogP contribution in [0.25, 0.3) is 0 Å². The second-order valence-corrected chi connectivity index (χ2v) is 6.76. The van der Waals surface area contributed by atoms with E-state index in [1.807, 2.05) is 18.5 Å². The smallest absolute Gasteiger partial charge is 0.223 e. The summed E-state index contributed by atoms with van der Waals surface area (Å²) in [6.07, 6.45) is 4.32. The van der Waals surface area contributed by atoms with E-state index in [1.165, 1.54) is 11.4 Å². The third-order valence-electron chi connectivity index (χ3n) is 4.31. The van der Waals surface area contributed by atoms with Gasteiger partial charge in [-0.05, 0) is 25.3 Å². The lowest BCUT2D eigenvalue weighted by atomic mass is 9.92. The minimum absolute atomic E-state index is 0.00253. The van der Waals surface area contributed by atoms with E-state index in [9.17, 15) is 0 Å². The largest absolute Gasteiger partial charge is 0.365 e. The van der Waals surface area contributed by atoms with Gasteiger partial charge in [-0.2, -0.15) is 4.98 Å². The molecule has 21 heavy (non-hydrogen) atoms. The standard InChI is InChI=1S/C14H18N4O2S/c1-9-16-14(17-20-9)11-6-10-2-4-18(7-12(10)19-11)8-13-15-3-5-21-13/h3,5,10-12H,2,4,6-8H2,1H3/t10-,11+,12+/m1/s1. The summed E-state index contributed by atoms with van der Waals surface area (Å²) < 4.78 is 11.2. The fourth-order valence-electron chi connectivity index (χ4n) is 3.27. The van der Waals surface area contributed by atoms with Crippen LogP contribution in [-0.2, 0) is 11.3 Å². The van der Waals surface area contributed by atoms with Crippen LogP contribution in [-0.4, -0.2) is 39.2 Å². The van der Waals surface area contributed by atoms with Gasteiger partial charge in [-0.3, -0.25) is 4.90 Å². The Morgan fingerprint density at radius 3 is 3.19 bits per heavy atom. The molecule has 0 N–H and O–H groups in total. The second kappa shape index (κ2) is 5.47. The maximum absolute atomic E-state index is 6.17. The lowest BCUT2D eigenvalue weighted by molar-refractivity contribution is -0.0125. The number of likely N-dealkylation sites (tertiary alicyclic amines) is 1. The summed E-state index contributed by atoms with van der Waals surface area (Å²) in [5.74, 6) is 1.92. The topological polar surface area (TPSA) is 64.3 Å². The number of piperidine rings is 1. The van der Waals surface area contributed by atoms with Crippen molar-refractivity contribution < 1.29 is 9.26 Å². The number of nitrogens with zero attached hydrogens (tertiary/aromatic N) is 4. The van der Waals surface area contributed by atoms with Gasteiger partial charge >= 0.3 is 0 Å². The first-order valence-corrected chi connectivity index (χ1v) is 8.22. The Labute approximate surface area is 127 Å². The first-order valence-electron chi connectivity index (χ1n) is 7.34. The Morgan fingerprint density at radius 2 is 2.43 bits per heavy atom. The van der Waals surface area contributed by atoms with Gasteiger partial charge in [0, 0.05) is 25.0 Å². The summed E-state index contributed by atoms with van der Waals surface area (Å²) in [6, 6.07) is 0. The molecular weight excluding hydrogens is 288 g/mol. The molecule has 2 fully saturated rings. The lowest BCUT2D eigenvalue weighted by Gasteiger charge is -2.33. The van der Waals surface area contributed by atoms with Gasteiger partial charge in [-0.25, -0.2) is 4.98 Å². The second-order valence-electron chi connectivity index (χ2n) is 5.78. The Kier molecular flexibility index (Phi) is 3.48. The molecule has 7 heteroatoms. The fraction of sp³-hybridized carbons (Fsp3) is 0.643. The van der Waals surface area contributed by atoms with Crippen molar-refractivity contribution in [3.8, 4) is 0 Å². The molecule has 0 aliphatic carbocycles. The molecule has 2 saturated heterocycles.